The second kappa shape index (κ2) is 10.2. The first-order chi connectivity index (χ1) is 10.1. The molecule has 0 saturated carbocycles. The van der Waals surface area contributed by atoms with E-state index in [2.05, 4.69) is 31.0 Å². The van der Waals surface area contributed by atoms with Gasteiger partial charge in [-0.3, -0.25) is 4.79 Å². The van der Waals surface area contributed by atoms with Crippen LogP contribution < -0.4 is 5.32 Å². The summed E-state index contributed by atoms with van der Waals surface area (Å²) in [5.74, 6) is 1.49. The maximum Gasteiger partial charge on any atom is 0.223 e. The van der Waals surface area contributed by atoms with Crippen LogP contribution in [0.3, 0.4) is 0 Å². The summed E-state index contributed by atoms with van der Waals surface area (Å²) in [5.41, 5.74) is 0. The van der Waals surface area contributed by atoms with Crippen molar-refractivity contribution in [1.29, 1.82) is 0 Å². The van der Waals surface area contributed by atoms with Crippen LogP contribution in [-0.2, 0) is 9.53 Å². The quantitative estimate of drug-likeness (QED) is 0.711. The van der Waals surface area contributed by atoms with Gasteiger partial charge in [-0.2, -0.15) is 0 Å². The molecule has 1 amide bonds. The van der Waals surface area contributed by atoms with Crippen molar-refractivity contribution in [2.45, 2.75) is 58.9 Å². The van der Waals surface area contributed by atoms with Gasteiger partial charge in [0.15, 0.2) is 0 Å². The predicted octanol–water partition coefficient (Wildman–Crippen LogP) is 2.68. The third kappa shape index (κ3) is 5.95. The molecule has 1 N–H and O–H groups in total. The van der Waals surface area contributed by atoms with Crippen LogP contribution in [0.2, 0.25) is 0 Å². The number of hydrogen-bond donors (Lipinski definition) is 1. The summed E-state index contributed by atoms with van der Waals surface area (Å²) in [6.07, 6.45) is 5.14. The van der Waals surface area contributed by atoms with E-state index < -0.39 is 0 Å². The largest absolute Gasteiger partial charge is 0.383 e. The zero-order valence-corrected chi connectivity index (χ0v) is 14.4. The first-order valence-corrected chi connectivity index (χ1v) is 8.63. The van der Waals surface area contributed by atoms with Crippen molar-refractivity contribution in [3.63, 3.8) is 0 Å². The van der Waals surface area contributed by atoms with Gasteiger partial charge in [-0.15, -0.1) is 0 Å². The Labute approximate surface area is 130 Å². The van der Waals surface area contributed by atoms with Gasteiger partial charge < -0.3 is 15.0 Å². The van der Waals surface area contributed by atoms with E-state index in [1.54, 1.807) is 7.11 Å². The van der Waals surface area contributed by atoms with Gasteiger partial charge >= 0.3 is 0 Å². The minimum atomic E-state index is 0.312. The van der Waals surface area contributed by atoms with Crippen LogP contribution in [0.15, 0.2) is 0 Å². The number of rotatable bonds is 9. The highest BCUT2D eigenvalue weighted by Crippen LogP contribution is 2.25. The topological polar surface area (TPSA) is 41.6 Å². The number of carbonyl (C=O) groups is 1. The Bertz CT molecular complexity index is 287. The molecule has 1 aliphatic heterocycles. The van der Waals surface area contributed by atoms with Crippen LogP contribution in [-0.4, -0.2) is 50.2 Å². The Hall–Kier alpha value is -0.610. The van der Waals surface area contributed by atoms with Gasteiger partial charge in [0, 0.05) is 26.1 Å². The molecule has 1 rings (SSSR count). The third-order valence-corrected chi connectivity index (χ3v) is 4.93. The van der Waals surface area contributed by atoms with Gasteiger partial charge in [-0.05, 0) is 50.6 Å². The van der Waals surface area contributed by atoms with E-state index >= 15 is 0 Å². The first kappa shape index (κ1) is 18.4. The number of amides is 1. The number of methoxy groups -OCH3 is 1. The van der Waals surface area contributed by atoms with Gasteiger partial charge in [0.25, 0.3) is 0 Å². The van der Waals surface area contributed by atoms with E-state index in [1.807, 2.05) is 0 Å². The molecule has 0 aliphatic carbocycles. The summed E-state index contributed by atoms with van der Waals surface area (Å²) in [4.78, 5) is 14.8. The maximum atomic E-state index is 12.7. The molecule has 4 nitrogen and oxygen atoms in total. The minimum absolute atomic E-state index is 0.312. The van der Waals surface area contributed by atoms with E-state index in [9.17, 15) is 4.79 Å². The van der Waals surface area contributed by atoms with Crippen molar-refractivity contribution in [2.24, 2.45) is 11.8 Å². The Morgan fingerprint density at radius 2 is 1.90 bits per heavy atom. The van der Waals surface area contributed by atoms with Crippen molar-refractivity contribution < 1.29 is 9.53 Å². The van der Waals surface area contributed by atoms with Crippen LogP contribution in [0, 0.1) is 11.8 Å². The molecule has 1 fully saturated rings. The molecule has 1 saturated heterocycles. The molecule has 0 radical (unpaired) electrons. The second-order valence-electron chi connectivity index (χ2n) is 6.32. The van der Waals surface area contributed by atoms with Gasteiger partial charge in [-0.1, -0.05) is 20.8 Å². The number of nitrogens with one attached hydrogen (secondary N) is 1. The lowest BCUT2D eigenvalue weighted by molar-refractivity contribution is -0.135. The molecule has 0 bridgehead atoms. The fourth-order valence-electron chi connectivity index (χ4n) is 3.40. The van der Waals surface area contributed by atoms with Crippen molar-refractivity contribution in [3.8, 4) is 0 Å². The van der Waals surface area contributed by atoms with Crippen LogP contribution in [0.25, 0.3) is 0 Å². The lowest BCUT2D eigenvalue weighted by atomic mass is 9.84. The standard InChI is InChI=1S/C17H34N2O2/c1-5-16(6-2)19(11-12-21-4)17(20)13-14(3)15-7-9-18-10-8-15/h14-16,18H,5-13H2,1-4H3. The second-order valence-corrected chi connectivity index (χ2v) is 6.32. The number of ether oxygens (including phenoxy) is 1. The van der Waals surface area contributed by atoms with Crippen molar-refractivity contribution in [3.05, 3.63) is 0 Å². The summed E-state index contributed by atoms with van der Waals surface area (Å²) in [7, 11) is 1.70. The fourth-order valence-corrected chi connectivity index (χ4v) is 3.40. The van der Waals surface area contributed by atoms with Crippen LogP contribution in [0.1, 0.15) is 52.9 Å². The zero-order valence-electron chi connectivity index (χ0n) is 14.4. The summed E-state index contributed by atoms with van der Waals surface area (Å²) >= 11 is 0. The average Bonchev–Trinajstić information content (AvgIpc) is 2.52. The lowest BCUT2D eigenvalue weighted by Gasteiger charge is -2.33. The highest BCUT2D eigenvalue weighted by atomic mass is 16.5. The number of piperidine rings is 1. The molecule has 21 heavy (non-hydrogen) atoms. The first-order valence-electron chi connectivity index (χ1n) is 8.63. The Morgan fingerprint density at radius 3 is 2.43 bits per heavy atom. The Morgan fingerprint density at radius 1 is 1.29 bits per heavy atom. The van der Waals surface area contributed by atoms with E-state index in [4.69, 9.17) is 4.74 Å². The van der Waals surface area contributed by atoms with Crippen LogP contribution >= 0.6 is 0 Å². The molecule has 124 valence electrons. The Balaban J connectivity index is 2.57. The SMILES string of the molecule is CCC(CC)N(CCOC)C(=O)CC(C)C1CCNCC1. The smallest absolute Gasteiger partial charge is 0.223 e. The minimum Gasteiger partial charge on any atom is -0.383 e. The van der Waals surface area contributed by atoms with Crippen LogP contribution in [0.4, 0.5) is 0 Å². The number of nitrogens with zero attached hydrogens (tertiary/aromatic N) is 1. The summed E-state index contributed by atoms with van der Waals surface area (Å²) in [6, 6.07) is 0.355. The predicted molar refractivity (Wildman–Crippen MR) is 87.3 cm³/mol. The average molecular weight is 298 g/mol. The molecule has 0 aromatic rings. The molecule has 1 aliphatic rings. The third-order valence-electron chi connectivity index (χ3n) is 4.93. The summed E-state index contributed by atoms with van der Waals surface area (Å²) in [5, 5.41) is 3.40. The van der Waals surface area contributed by atoms with E-state index in [-0.39, 0.29) is 0 Å². The summed E-state index contributed by atoms with van der Waals surface area (Å²) < 4.78 is 5.18. The molecule has 1 unspecified atom stereocenters. The van der Waals surface area contributed by atoms with E-state index in [0.29, 0.717) is 36.8 Å². The molecule has 0 aromatic heterocycles. The van der Waals surface area contributed by atoms with Gasteiger partial charge in [0.05, 0.1) is 6.61 Å². The zero-order chi connectivity index (χ0) is 15.7. The summed E-state index contributed by atoms with van der Waals surface area (Å²) in [6.45, 7) is 10.1. The number of hydrogen-bond acceptors (Lipinski definition) is 3. The molecule has 1 heterocycles. The lowest BCUT2D eigenvalue weighted by Crippen LogP contribution is -2.43. The van der Waals surface area contributed by atoms with Gasteiger partial charge in [0.1, 0.15) is 0 Å². The molecular weight excluding hydrogens is 264 g/mol. The molecule has 0 spiro atoms. The van der Waals surface area contributed by atoms with Crippen LogP contribution in [0.5, 0.6) is 0 Å². The Kier molecular flexibility index (Phi) is 8.93. The highest BCUT2D eigenvalue weighted by Gasteiger charge is 2.26. The van der Waals surface area contributed by atoms with Crippen molar-refractivity contribution in [1.82, 2.24) is 10.2 Å². The van der Waals surface area contributed by atoms with Crippen molar-refractivity contribution in [2.75, 3.05) is 33.4 Å². The van der Waals surface area contributed by atoms with E-state index in [0.717, 1.165) is 32.5 Å². The maximum absolute atomic E-state index is 12.7. The normalized spacial score (nSPS) is 18.0. The number of carbonyl (C=O) groups excluding carboxylic acids is 1. The monoisotopic (exact) mass is 298 g/mol. The van der Waals surface area contributed by atoms with Gasteiger partial charge in [-0.25, -0.2) is 0 Å². The van der Waals surface area contributed by atoms with E-state index in [1.165, 1.54) is 12.8 Å². The van der Waals surface area contributed by atoms with Gasteiger partial charge in [0.2, 0.25) is 5.91 Å². The fraction of sp³-hybridized carbons (Fsp3) is 0.941. The van der Waals surface area contributed by atoms with Crippen molar-refractivity contribution >= 4 is 5.91 Å². The molecule has 1 atom stereocenters. The molecule has 4 heteroatoms. The molecular formula is C17H34N2O2. The highest BCUT2D eigenvalue weighted by molar-refractivity contribution is 5.76. The molecule has 0 aromatic carbocycles.